The van der Waals surface area contributed by atoms with Crippen molar-refractivity contribution < 1.29 is 24.9 Å². The number of hydrogen-bond donors (Lipinski definition) is 5. The molecule has 0 aromatic carbocycles. The zero-order chi connectivity index (χ0) is 10.1. The molecule has 0 unspecified atom stereocenters. The standard InChI is InChI=1S/C4H9NO2S.CH2O3/c5-3(1-2-8)4(6)7;2-1(3)4/h3,8H,1-2,5H2,(H,6,7);(H2,2,3,4)/t3-;/m0./s1. The van der Waals surface area contributed by atoms with Crippen LogP contribution in [-0.4, -0.2) is 39.2 Å². The Kier molecular flexibility index (Phi) is 9.25. The first-order valence-electron chi connectivity index (χ1n) is 2.93. The lowest BCUT2D eigenvalue weighted by Crippen LogP contribution is -2.30. The normalized spacial score (nSPS) is 10.8. The lowest BCUT2D eigenvalue weighted by molar-refractivity contribution is -0.138. The molecule has 0 aliphatic heterocycles. The third-order valence-corrected chi connectivity index (χ3v) is 1.02. The average Bonchev–Trinajstić information content (AvgIpc) is 1.86. The predicted octanol–water partition coefficient (Wildman–Crippen LogP) is -0.0594. The lowest BCUT2D eigenvalue weighted by Gasteiger charge is -2.00. The maximum absolute atomic E-state index is 9.93. The van der Waals surface area contributed by atoms with Crippen molar-refractivity contribution >= 4 is 24.8 Å². The summed E-state index contributed by atoms with van der Waals surface area (Å²) in [6.07, 6.45) is -1.40. The van der Waals surface area contributed by atoms with E-state index >= 15 is 0 Å². The van der Waals surface area contributed by atoms with Crippen LogP contribution in [0.1, 0.15) is 6.42 Å². The Balaban J connectivity index is 0. The first kappa shape index (κ1) is 13.6. The van der Waals surface area contributed by atoms with Gasteiger partial charge in [-0.2, -0.15) is 12.6 Å². The third kappa shape index (κ3) is 16.0. The van der Waals surface area contributed by atoms with E-state index in [1.807, 2.05) is 0 Å². The van der Waals surface area contributed by atoms with E-state index in [4.69, 9.17) is 25.8 Å². The molecule has 0 amide bonds. The summed E-state index contributed by atoms with van der Waals surface area (Å²) in [5.74, 6) is -0.438. The molecule has 0 aliphatic carbocycles. The first-order chi connectivity index (χ1) is 5.41. The fourth-order valence-corrected chi connectivity index (χ4v) is 0.541. The van der Waals surface area contributed by atoms with Crippen LogP contribution in [0, 0.1) is 0 Å². The molecule has 12 heavy (non-hydrogen) atoms. The van der Waals surface area contributed by atoms with Crippen molar-refractivity contribution in [2.75, 3.05) is 5.75 Å². The number of rotatable bonds is 3. The second kappa shape index (κ2) is 8.15. The number of carboxylic acids is 1. The van der Waals surface area contributed by atoms with Crippen LogP contribution in [0.15, 0.2) is 0 Å². The van der Waals surface area contributed by atoms with Crippen LogP contribution in [0.4, 0.5) is 4.79 Å². The van der Waals surface area contributed by atoms with E-state index < -0.39 is 18.2 Å². The second-order valence-electron chi connectivity index (χ2n) is 1.74. The maximum atomic E-state index is 9.93. The highest BCUT2D eigenvalue weighted by Crippen LogP contribution is 1.88. The second-order valence-corrected chi connectivity index (χ2v) is 2.19. The Labute approximate surface area is 74.4 Å². The van der Waals surface area contributed by atoms with Gasteiger partial charge >= 0.3 is 12.1 Å². The largest absolute Gasteiger partial charge is 0.503 e. The molecule has 0 spiro atoms. The average molecular weight is 197 g/mol. The van der Waals surface area contributed by atoms with Crippen molar-refractivity contribution in [3.63, 3.8) is 0 Å². The Morgan fingerprint density at radius 1 is 1.33 bits per heavy atom. The quantitative estimate of drug-likeness (QED) is 0.404. The van der Waals surface area contributed by atoms with Crippen molar-refractivity contribution in [2.24, 2.45) is 5.73 Å². The van der Waals surface area contributed by atoms with E-state index in [1.165, 1.54) is 0 Å². The van der Waals surface area contributed by atoms with Crippen LogP contribution in [-0.2, 0) is 4.79 Å². The fraction of sp³-hybridized carbons (Fsp3) is 0.600. The van der Waals surface area contributed by atoms with Gasteiger partial charge in [-0.3, -0.25) is 4.79 Å². The number of nitrogens with two attached hydrogens (primary N) is 1. The zero-order valence-corrected chi connectivity index (χ0v) is 7.07. The highest BCUT2D eigenvalue weighted by atomic mass is 32.1. The highest BCUT2D eigenvalue weighted by Gasteiger charge is 2.08. The number of aliphatic carboxylic acids is 1. The molecule has 5 N–H and O–H groups in total. The molecule has 0 aliphatic rings. The van der Waals surface area contributed by atoms with Gasteiger partial charge in [0.2, 0.25) is 0 Å². The fourth-order valence-electron chi connectivity index (χ4n) is 0.263. The van der Waals surface area contributed by atoms with Gasteiger partial charge in [0.05, 0.1) is 0 Å². The summed E-state index contributed by atoms with van der Waals surface area (Å²) in [5, 5.41) is 22.1. The SMILES string of the molecule is N[C@@H](CCS)C(=O)O.O=C(O)O. The van der Waals surface area contributed by atoms with Gasteiger partial charge in [-0.05, 0) is 12.2 Å². The van der Waals surface area contributed by atoms with Gasteiger partial charge in [-0.25, -0.2) is 4.79 Å². The molecule has 6 nitrogen and oxygen atoms in total. The van der Waals surface area contributed by atoms with E-state index in [-0.39, 0.29) is 0 Å². The minimum atomic E-state index is -1.83. The molecule has 0 radical (unpaired) electrons. The molecule has 0 saturated carbocycles. The summed E-state index contributed by atoms with van der Waals surface area (Å²) < 4.78 is 0. The van der Waals surface area contributed by atoms with Gasteiger partial charge in [-0.15, -0.1) is 0 Å². The Hall–Kier alpha value is -0.950. The smallest absolute Gasteiger partial charge is 0.480 e. The predicted molar refractivity (Wildman–Crippen MR) is 44.7 cm³/mol. The molecule has 0 saturated heterocycles. The van der Waals surface area contributed by atoms with E-state index in [0.717, 1.165) is 0 Å². The summed E-state index contributed by atoms with van der Waals surface area (Å²) in [6.45, 7) is 0. The molecule has 0 rings (SSSR count). The van der Waals surface area contributed by atoms with Crippen molar-refractivity contribution in [1.82, 2.24) is 0 Å². The summed E-state index contributed by atoms with van der Waals surface area (Å²) in [5.41, 5.74) is 5.08. The topological polar surface area (TPSA) is 121 Å². The minimum Gasteiger partial charge on any atom is -0.480 e. The van der Waals surface area contributed by atoms with Gasteiger partial charge in [0.1, 0.15) is 6.04 Å². The van der Waals surface area contributed by atoms with Crippen LogP contribution in [0.25, 0.3) is 0 Å². The summed E-state index contributed by atoms with van der Waals surface area (Å²) >= 11 is 3.81. The van der Waals surface area contributed by atoms with Crippen molar-refractivity contribution in [3.8, 4) is 0 Å². The third-order valence-electron chi connectivity index (χ3n) is 0.757. The van der Waals surface area contributed by atoms with Crippen LogP contribution in [0.5, 0.6) is 0 Å². The van der Waals surface area contributed by atoms with Gasteiger partial charge in [-0.1, -0.05) is 0 Å². The van der Waals surface area contributed by atoms with E-state index in [9.17, 15) is 4.79 Å². The first-order valence-corrected chi connectivity index (χ1v) is 3.56. The molecule has 0 aromatic rings. The van der Waals surface area contributed by atoms with E-state index in [1.54, 1.807) is 0 Å². The highest BCUT2D eigenvalue weighted by molar-refractivity contribution is 7.80. The maximum Gasteiger partial charge on any atom is 0.503 e. The molecule has 7 heteroatoms. The number of hydrogen-bond acceptors (Lipinski definition) is 4. The molecule has 0 fully saturated rings. The van der Waals surface area contributed by atoms with E-state index in [2.05, 4.69) is 12.6 Å². The monoisotopic (exact) mass is 197 g/mol. The molecule has 72 valence electrons. The molecule has 1 atom stereocenters. The Morgan fingerprint density at radius 2 is 1.67 bits per heavy atom. The van der Waals surface area contributed by atoms with Gasteiger partial charge in [0, 0.05) is 0 Å². The Bertz CT molecular complexity index is 147. The van der Waals surface area contributed by atoms with Crippen LogP contribution in [0.2, 0.25) is 0 Å². The minimum absolute atomic E-state index is 0.429. The molecular formula is C5H11NO5S. The number of carboxylic acid groups (broad SMARTS) is 3. The zero-order valence-electron chi connectivity index (χ0n) is 6.17. The number of thiol groups is 1. The van der Waals surface area contributed by atoms with Crippen LogP contribution < -0.4 is 5.73 Å². The summed E-state index contributed by atoms with van der Waals surface area (Å²) in [7, 11) is 0. The van der Waals surface area contributed by atoms with Crippen molar-refractivity contribution in [1.29, 1.82) is 0 Å². The molecule has 0 bridgehead atoms. The molecule has 0 heterocycles. The van der Waals surface area contributed by atoms with Crippen LogP contribution in [0.3, 0.4) is 0 Å². The van der Waals surface area contributed by atoms with Gasteiger partial charge in [0.15, 0.2) is 0 Å². The number of carbonyl (C=O) groups is 2. The van der Waals surface area contributed by atoms with Crippen molar-refractivity contribution in [3.05, 3.63) is 0 Å². The van der Waals surface area contributed by atoms with Gasteiger partial charge < -0.3 is 21.1 Å². The van der Waals surface area contributed by atoms with E-state index in [0.29, 0.717) is 12.2 Å². The lowest BCUT2D eigenvalue weighted by atomic mass is 10.2. The molecule has 0 aromatic heterocycles. The molecular weight excluding hydrogens is 186 g/mol. The van der Waals surface area contributed by atoms with Crippen LogP contribution >= 0.6 is 12.6 Å². The Morgan fingerprint density at radius 3 is 1.75 bits per heavy atom. The van der Waals surface area contributed by atoms with Gasteiger partial charge in [0.25, 0.3) is 0 Å². The van der Waals surface area contributed by atoms with Crippen molar-refractivity contribution in [2.45, 2.75) is 12.5 Å². The summed E-state index contributed by atoms with van der Waals surface area (Å²) in [4.78, 5) is 18.5. The summed E-state index contributed by atoms with van der Waals surface area (Å²) in [6, 6.07) is -0.743.